The van der Waals surface area contributed by atoms with Gasteiger partial charge < -0.3 is 5.32 Å². The van der Waals surface area contributed by atoms with Crippen LogP contribution < -0.4 is 10.0 Å². The summed E-state index contributed by atoms with van der Waals surface area (Å²) < 4.78 is 64.7. The van der Waals surface area contributed by atoms with Gasteiger partial charge in [0, 0.05) is 5.69 Å². The summed E-state index contributed by atoms with van der Waals surface area (Å²) in [4.78, 5) is 12.1. The molecule has 0 aliphatic carbocycles. The number of amides is 1. The molecule has 1 unspecified atom stereocenters. The second-order valence-corrected chi connectivity index (χ2v) is 8.25. The van der Waals surface area contributed by atoms with Crippen molar-refractivity contribution in [1.29, 1.82) is 0 Å². The van der Waals surface area contributed by atoms with E-state index in [1.807, 2.05) is 0 Å². The van der Waals surface area contributed by atoms with Gasteiger partial charge in [-0.2, -0.15) is 17.9 Å². The predicted molar refractivity (Wildman–Crippen MR) is 89.2 cm³/mol. The van der Waals surface area contributed by atoms with E-state index in [0.29, 0.717) is 6.07 Å². The van der Waals surface area contributed by atoms with Crippen LogP contribution in [0.15, 0.2) is 39.9 Å². The molecule has 1 heterocycles. The number of rotatable bonds is 5. The van der Waals surface area contributed by atoms with Crippen LogP contribution in [-0.4, -0.2) is 20.4 Å². The summed E-state index contributed by atoms with van der Waals surface area (Å²) in [6.45, 7) is 1.28. The van der Waals surface area contributed by atoms with Gasteiger partial charge in [-0.15, -0.1) is 11.3 Å². The third kappa shape index (κ3) is 4.94. The number of halogens is 4. The van der Waals surface area contributed by atoms with Crippen molar-refractivity contribution in [3.05, 3.63) is 46.3 Å². The van der Waals surface area contributed by atoms with Gasteiger partial charge in [-0.3, -0.25) is 4.79 Å². The third-order valence-corrected chi connectivity index (χ3v) is 6.29. The first-order valence-corrected chi connectivity index (χ1v) is 9.48. The van der Waals surface area contributed by atoms with Crippen LogP contribution in [0.25, 0.3) is 0 Å². The molecule has 0 fully saturated rings. The Kier molecular flexibility index (Phi) is 5.77. The van der Waals surface area contributed by atoms with Crippen molar-refractivity contribution in [3.63, 3.8) is 0 Å². The fraction of sp³-hybridized carbons (Fsp3) is 0.214. The quantitative estimate of drug-likeness (QED) is 0.785. The third-order valence-electron chi connectivity index (χ3n) is 3.02. The van der Waals surface area contributed by atoms with E-state index in [1.54, 1.807) is 5.38 Å². The highest BCUT2D eigenvalue weighted by atomic mass is 35.5. The molecule has 2 N–H and O–H groups in total. The van der Waals surface area contributed by atoms with Crippen LogP contribution in [0.1, 0.15) is 12.5 Å². The normalized spacial score (nSPS) is 13.5. The molecule has 25 heavy (non-hydrogen) atoms. The maximum absolute atomic E-state index is 12.8. The molecule has 0 aliphatic heterocycles. The second kappa shape index (κ2) is 7.32. The van der Waals surface area contributed by atoms with Gasteiger partial charge in [0.1, 0.15) is 4.21 Å². The first-order chi connectivity index (χ1) is 11.5. The average Bonchev–Trinajstić information content (AvgIpc) is 3.02. The summed E-state index contributed by atoms with van der Waals surface area (Å²) >= 11 is 6.47. The summed E-state index contributed by atoms with van der Waals surface area (Å²) in [5, 5.41) is 3.29. The number of thiophene rings is 1. The number of benzene rings is 1. The molecule has 2 rings (SSSR count). The lowest BCUT2D eigenvalue weighted by Crippen LogP contribution is -2.41. The Balaban J connectivity index is 2.12. The Bertz CT molecular complexity index is 868. The zero-order valence-corrected chi connectivity index (χ0v) is 15.0. The highest BCUT2D eigenvalue weighted by Gasteiger charge is 2.33. The van der Waals surface area contributed by atoms with Crippen LogP contribution in [0.2, 0.25) is 5.02 Å². The van der Waals surface area contributed by atoms with Crippen LogP contribution in [-0.2, 0) is 21.0 Å². The number of carbonyl (C=O) groups excluding carboxylic acids is 1. The van der Waals surface area contributed by atoms with Gasteiger partial charge >= 0.3 is 6.18 Å². The molecule has 136 valence electrons. The second-order valence-electron chi connectivity index (χ2n) is 4.96. The van der Waals surface area contributed by atoms with E-state index < -0.39 is 38.7 Å². The Labute approximate surface area is 150 Å². The largest absolute Gasteiger partial charge is 0.417 e. The molecular formula is C14H12ClF3N2O3S2. The number of nitrogens with one attached hydrogen (secondary N) is 2. The minimum Gasteiger partial charge on any atom is -0.325 e. The molecular weight excluding hydrogens is 401 g/mol. The first-order valence-electron chi connectivity index (χ1n) is 6.74. The van der Waals surface area contributed by atoms with Crippen LogP contribution in [0.3, 0.4) is 0 Å². The molecule has 1 aromatic heterocycles. The lowest BCUT2D eigenvalue weighted by molar-refractivity contribution is -0.137. The van der Waals surface area contributed by atoms with Crippen LogP contribution in [0, 0.1) is 0 Å². The molecule has 1 atom stereocenters. The van der Waals surface area contributed by atoms with Crippen molar-refractivity contribution in [3.8, 4) is 0 Å². The maximum atomic E-state index is 12.8. The highest BCUT2D eigenvalue weighted by Crippen LogP contribution is 2.36. The van der Waals surface area contributed by atoms with E-state index in [-0.39, 0.29) is 9.90 Å². The summed E-state index contributed by atoms with van der Waals surface area (Å²) in [7, 11) is -3.89. The molecule has 0 bridgehead atoms. The lowest BCUT2D eigenvalue weighted by atomic mass is 10.2. The molecule has 11 heteroatoms. The fourth-order valence-electron chi connectivity index (χ4n) is 1.83. The van der Waals surface area contributed by atoms with Crippen LogP contribution in [0.5, 0.6) is 0 Å². The van der Waals surface area contributed by atoms with Gasteiger partial charge in [-0.05, 0) is 36.6 Å². The van der Waals surface area contributed by atoms with Gasteiger partial charge in [0.05, 0.1) is 16.6 Å². The minimum absolute atomic E-state index is 0.0259. The predicted octanol–water partition coefficient (Wildman–Crippen LogP) is 3.73. The van der Waals surface area contributed by atoms with Gasteiger partial charge in [-0.1, -0.05) is 17.7 Å². The van der Waals surface area contributed by atoms with Gasteiger partial charge in [0.2, 0.25) is 5.91 Å². The van der Waals surface area contributed by atoms with Crippen molar-refractivity contribution >= 4 is 44.6 Å². The fourth-order valence-corrected chi connectivity index (χ4v) is 4.27. The molecule has 0 radical (unpaired) electrons. The number of alkyl halides is 3. The van der Waals surface area contributed by atoms with Gasteiger partial charge in [0.15, 0.2) is 0 Å². The number of hydrogen-bond donors (Lipinski definition) is 2. The molecule has 5 nitrogen and oxygen atoms in total. The van der Waals surface area contributed by atoms with Crippen LogP contribution in [0.4, 0.5) is 18.9 Å². The van der Waals surface area contributed by atoms with Crippen molar-refractivity contribution in [1.82, 2.24) is 4.72 Å². The Morgan fingerprint density at radius 3 is 2.52 bits per heavy atom. The van der Waals surface area contributed by atoms with E-state index in [1.165, 1.54) is 25.1 Å². The first kappa shape index (κ1) is 19.7. The van der Waals surface area contributed by atoms with Crippen molar-refractivity contribution in [2.75, 3.05) is 5.32 Å². The molecule has 0 saturated heterocycles. The standard InChI is InChI=1S/C14H12ClF3N2O3S2/c1-8(20-25(22,23)12-3-2-6-24-12)13(21)19-9-4-5-11(15)10(7-9)14(16,17)18/h2-8,20H,1H3,(H,19,21). The SMILES string of the molecule is CC(NS(=O)(=O)c1cccs1)C(=O)Nc1ccc(Cl)c(C(F)(F)F)c1. The summed E-state index contributed by atoms with van der Waals surface area (Å²) in [5.41, 5.74) is -1.25. The zero-order valence-electron chi connectivity index (χ0n) is 12.6. The van der Waals surface area contributed by atoms with Crippen molar-refractivity contribution in [2.24, 2.45) is 0 Å². The zero-order chi connectivity index (χ0) is 18.8. The number of anilines is 1. The Hall–Kier alpha value is -1.62. The van der Waals surface area contributed by atoms with Gasteiger partial charge in [-0.25, -0.2) is 8.42 Å². The Morgan fingerprint density at radius 1 is 1.28 bits per heavy atom. The lowest BCUT2D eigenvalue weighted by Gasteiger charge is -2.15. The molecule has 0 spiro atoms. The molecule has 1 amide bonds. The van der Waals surface area contributed by atoms with E-state index in [4.69, 9.17) is 11.6 Å². The summed E-state index contributed by atoms with van der Waals surface area (Å²) in [6.07, 6.45) is -4.68. The number of hydrogen-bond acceptors (Lipinski definition) is 4. The summed E-state index contributed by atoms with van der Waals surface area (Å²) in [5.74, 6) is -0.810. The number of sulfonamides is 1. The van der Waals surface area contributed by atoms with Gasteiger partial charge in [0.25, 0.3) is 10.0 Å². The monoisotopic (exact) mass is 412 g/mol. The van der Waals surface area contributed by atoms with Crippen LogP contribution >= 0.6 is 22.9 Å². The highest BCUT2D eigenvalue weighted by molar-refractivity contribution is 7.91. The van der Waals surface area contributed by atoms with E-state index in [0.717, 1.165) is 17.4 Å². The maximum Gasteiger partial charge on any atom is 0.417 e. The topological polar surface area (TPSA) is 75.3 Å². The Morgan fingerprint density at radius 2 is 1.96 bits per heavy atom. The van der Waals surface area contributed by atoms with Crippen molar-refractivity contribution in [2.45, 2.75) is 23.4 Å². The van der Waals surface area contributed by atoms with E-state index in [9.17, 15) is 26.4 Å². The molecule has 2 aromatic rings. The molecule has 0 aliphatic rings. The minimum atomic E-state index is -4.68. The smallest absolute Gasteiger partial charge is 0.325 e. The molecule has 0 saturated carbocycles. The summed E-state index contributed by atoms with van der Waals surface area (Å²) in [6, 6.07) is 4.58. The van der Waals surface area contributed by atoms with Crippen molar-refractivity contribution < 1.29 is 26.4 Å². The molecule has 1 aromatic carbocycles. The average molecular weight is 413 g/mol. The van der Waals surface area contributed by atoms with E-state index in [2.05, 4.69) is 10.0 Å². The van der Waals surface area contributed by atoms with E-state index >= 15 is 0 Å². The number of carbonyl (C=O) groups is 1.